The van der Waals surface area contributed by atoms with E-state index in [2.05, 4.69) is 0 Å². The highest BCUT2D eigenvalue weighted by atomic mass is 32.2. The van der Waals surface area contributed by atoms with Gasteiger partial charge < -0.3 is 9.47 Å². The normalized spacial score (nSPS) is 11.8. The van der Waals surface area contributed by atoms with Crippen molar-refractivity contribution >= 4 is 21.9 Å². The molecular weight excluding hydrogens is 328 g/mol. The molecule has 0 N–H and O–H groups in total. The minimum atomic E-state index is -3.64. The Kier molecular flexibility index (Phi) is 5.76. The maximum Gasteiger partial charge on any atom is 0.334 e. The number of carbonyl (C=O) groups is 1. The van der Waals surface area contributed by atoms with Gasteiger partial charge in [-0.15, -0.1) is 0 Å². The Hall–Kier alpha value is -2.60. The summed E-state index contributed by atoms with van der Waals surface area (Å²) in [6, 6.07) is 14.9. The van der Waals surface area contributed by atoms with E-state index in [4.69, 9.17) is 9.47 Å². The predicted molar refractivity (Wildman–Crippen MR) is 91.5 cm³/mol. The van der Waals surface area contributed by atoms with E-state index in [1.54, 1.807) is 49.6 Å². The van der Waals surface area contributed by atoms with Gasteiger partial charge >= 0.3 is 5.97 Å². The molecule has 0 aliphatic rings. The molecule has 2 aromatic rings. The van der Waals surface area contributed by atoms with Crippen LogP contribution in [-0.4, -0.2) is 34.4 Å². The molecule has 0 saturated carbocycles. The minimum absolute atomic E-state index is 0.0616. The topological polar surface area (TPSA) is 69.7 Å². The SMILES string of the molecule is COC(=O)/C(=C/c1ccc(OC)cc1)CS(=O)(=O)c1ccccc1. The molecule has 0 radical (unpaired) electrons. The molecule has 2 aromatic carbocycles. The number of ether oxygens (including phenoxy) is 2. The zero-order valence-corrected chi connectivity index (χ0v) is 14.2. The third-order valence-corrected chi connectivity index (χ3v) is 5.03. The van der Waals surface area contributed by atoms with Crippen LogP contribution in [0.5, 0.6) is 5.75 Å². The van der Waals surface area contributed by atoms with Gasteiger partial charge in [-0.1, -0.05) is 30.3 Å². The summed E-state index contributed by atoms with van der Waals surface area (Å²) in [5.74, 6) is -0.440. The number of carbonyl (C=O) groups excluding carboxylic acids is 1. The summed E-state index contributed by atoms with van der Waals surface area (Å²) in [6.07, 6.45) is 1.51. The van der Waals surface area contributed by atoms with Crippen LogP contribution in [0.25, 0.3) is 6.08 Å². The van der Waals surface area contributed by atoms with E-state index in [1.807, 2.05) is 0 Å². The van der Waals surface area contributed by atoms with E-state index < -0.39 is 21.6 Å². The molecule has 0 saturated heterocycles. The lowest BCUT2D eigenvalue weighted by molar-refractivity contribution is -0.135. The molecule has 0 spiro atoms. The maximum atomic E-state index is 12.5. The Morgan fingerprint density at radius 2 is 1.62 bits per heavy atom. The summed E-state index contributed by atoms with van der Waals surface area (Å²) < 4.78 is 34.8. The smallest absolute Gasteiger partial charge is 0.334 e. The third-order valence-electron chi connectivity index (χ3n) is 3.35. The molecule has 0 bridgehead atoms. The fourth-order valence-corrected chi connectivity index (χ4v) is 3.46. The zero-order chi connectivity index (χ0) is 17.6. The van der Waals surface area contributed by atoms with E-state index in [0.717, 1.165) is 0 Å². The summed E-state index contributed by atoms with van der Waals surface area (Å²) >= 11 is 0. The Balaban J connectivity index is 2.35. The lowest BCUT2D eigenvalue weighted by Crippen LogP contribution is -2.16. The number of esters is 1. The van der Waals surface area contributed by atoms with Crippen LogP contribution in [0, 0.1) is 0 Å². The molecule has 0 aliphatic heterocycles. The van der Waals surface area contributed by atoms with Crippen molar-refractivity contribution in [2.45, 2.75) is 4.90 Å². The summed E-state index contributed by atoms with van der Waals surface area (Å²) in [7, 11) is -0.867. The molecule has 6 heteroatoms. The van der Waals surface area contributed by atoms with Crippen LogP contribution in [-0.2, 0) is 19.4 Å². The molecule has 0 fully saturated rings. The van der Waals surface area contributed by atoms with E-state index in [-0.39, 0.29) is 10.5 Å². The van der Waals surface area contributed by atoms with Gasteiger partial charge in [0.15, 0.2) is 9.84 Å². The quantitative estimate of drug-likeness (QED) is 0.594. The molecule has 0 aromatic heterocycles. The van der Waals surface area contributed by atoms with Crippen molar-refractivity contribution in [3.8, 4) is 5.75 Å². The van der Waals surface area contributed by atoms with Gasteiger partial charge in [0, 0.05) is 0 Å². The first-order chi connectivity index (χ1) is 11.5. The number of rotatable bonds is 6. The summed E-state index contributed by atoms with van der Waals surface area (Å²) in [4.78, 5) is 12.1. The number of sulfone groups is 1. The van der Waals surface area contributed by atoms with Crippen LogP contribution in [0.2, 0.25) is 0 Å². The molecule has 0 unspecified atom stereocenters. The molecule has 5 nitrogen and oxygen atoms in total. The van der Waals surface area contributed by atoms with Crippen molar-refractivity contribution in [2.75, 3.05) is 20.0 Å². The molecule has 0 atom stereocenters. The molecule has 0 heterocycles. The van der Waals surface area contributed by atoms with Crippen molar-refractivity contribution in [3.05, 3.63) is 65.7 Å². The summed E-state index contributed by atoms with van der Waals surface area (Å²) in [6.45, 7) is 0. The molecule has 126 valence electrons. The first-order valence-electron chi connectivity index (χ1n) is 7.17. The summed E-state index contributed by atoms with van der Waals surface area (Å²) in [5.41, 5.74) is 0.742. The van der Waals surface area contributed by atoms with Gasteiger partial charge in [-0.3, -0.25) is 0 Å². The predicted octanol–water partition coefficient (Wildman–Crippen LogP) is 2.73. The highest BCUT2D eigenvalue weighted by Gasteiger charge is 2.21. The van der Waals surface area contributed by atoms with Crippen LogP contribution in [0.15, 0.2) is 65.1 Å². The van der Waals surface area contributed by atoms with E-state index in [0.29, 0.717) is 11.3 Å². The lowest BCUT2D eigenvalue weighted by Gasteiger charge is -2.08. The van der Waals surface area contributed by atoms with Gasteiger partial charge in [0.05, 0.1) is 30.4 Å². The molecule has 2 rings (SSSR count). The molecule has 24 heavy (non-hydrogen) atoms. The van der Waals surface area contributed by atoms with Gasteiger partial charge in [-0.25, -0.2) is 13.2 Å². The highest BCUT2D eigenvalue weighted by molar-refractivity contribution is 7.91. The third kappa shape index (κ3) is 4.45. The van der Waals surface area contributed by atoms with Crippen LogP contribution < -0.4 is 4.74 Å². The van der Waals surface area contributed by atoms with Crippen molar-refractivity contribution in [3.63, 3.8) is 0 Å². The first kappa shape index (κ1) is 17.7. The summed E-state index contributed by atoms with van der Waals surface area (Å²) in [5, 5.41) is 0. The second kappa shape index (κ2) is 7.79. The Bertz CT molecular complexity index is 821. The number of methoxy groups -OCH3 is 2. The second-order valence-electron chi connectivity index (χ2n) is 5.01. The van der Waals surface area contributed by atoms with E-state index in [1.165, 1.54) is 25.3 Å². The van der Waals surface area contributed by atoms with Crippen molar-refractivity contribution in [1.82, 2.24) is 0 Å². The van der Waals surface area contributed by atoms with Crippen LogP contribution in [0.3, 0.4) is 0 Å². The number of hydrogen-bond acceptors (Lipinski definition) is 5. The van der Waals surface area contributed by atoms with Gasteiger partial charge in [0.1, 0.15) is 5.75 Å². The second-order valence-corrected chi connectivity index (χ2v) is 7.00. The number of hydrogen-bond donors (Lipinski definition) is 0. The zero-order valence-electron chi connectivity index (χ0n) is 13.4. The van der Waals surface area contributed by atoms with Gasteiger partial charge in [-0.2, -0.15) is 0 Å². The van der Waals surface area contributed by atoms with Crippen LogP contribution in [0.4, 0.5) is 0 Å². The van der Waals surface area contributed by atoms with Crippen LogP contribution >= 0.6 is 0 Å². The van der Waals surface area contributed by atoms with Gasteiger partial charge in [-0.05, 0) is 35.9 Å². The van der Waals surface area contributed by atoms with E-state index in [9.17, 15) is 13.2 Å². The average molecular weight is 346 g/mol. The lowest BCUT2D eigenvalue weighted by atomic mass is 10.1. The van der Waals surface area contributed by atoms with Crippen LogP contribution in [0.1, 0.15) is 5.56 Å². The van der Waals surface area contributed by atoms with Crippen molar-refractivity contribution < 1.29 is 22.7 Å². The average Bonchev–Trinajstić information content (AvgIpc) is 2.61. The maximum absolute atomic E-state index is 12.5. The van der Waals surface area contributed by atoms with Crippen molar-refractivity contribution in [1.29, 1.82) is 0 Å². The Morgan fingerprint density at radius 3 is 2.17 bits per heavy atom. The van der Waals surface area contributed by atoms with Gasteiger partial charge in [0.2, 0.25) is 0 Å². The van der Waals surface area contributed by atoms with Crippen molar-refractivity contribution in [2.24, 2.45) is 0 Å². The van der Waals surface area contributed by atoms with Gasteiger partial charge in [0.25, 0.3) is 0 Å². The molecular formula is C18H18O5S. The molecule has 0 aliphatic carbocycles. The Labute approximate surface area is 141 Å². The first-order valence-corrected chi connectivity index (χ1v) is 8.82. The van der Waals surface area contributed by atoms with E-state index >= 15 is 0 Å². The fraction of sp³-hybridized carbons (Fsp3) is 0.167. The Morgan fingerprint density at radius 1 is 1.00 bits per heavy atom. The largest absolute Gasteiger partial charge is 0.497 e. The highest BCUT2D eigenvalue weighted by Crippen LogP contribution is 2.18. The fourth-order valence-electron chi connectivity index (χ4n) is 2.11. The number of benzene rings is 2. The standard InChI is InChI=1S/C18H18O5S/c1-22-16-10-8-14(9-11-16)12-15(18(19)23-2)13-24(20,21)17-6-4-3-5-7-17/h3-12H,13H2,1-2H3/b15-12+. The molecule has 0 amide bonds. The minimum Gasteiger partial charge on any atom is -0.497 e. The monoisotopic (exact) mass is 346 g/mol.